The monoisotopic (exact) mass is 270 g/mol. The molecule has 0 N–H and O–H groups in total. The highest BCUT2D eigenvalue weighted by molar-refractivity contribution is 5.57. The van der Waals surface area contributed by atoms with Crippen molar-refractivity contribution in [1.29, 1.82) is 0 Å². The molecule has 0 atom stereocenters. The lowest BCUT2D eigenvalue weighted by atomic mass is 9.84. The first kappa shape index (κ1) is 16.5. The average Bonchev–Trinajstić information content (AvgIpc) is 2.37. The maximum Gasteiger partial charge on any atom is 0.131 e. The Hall–Kier alpha value is -1.55. The molecule has 1 heteroatoms. The molecule has 108 valence electrons. The zero-order chi connectivity index (χ0) is 15.3. The summed E-state index contributed by atoms with van der Waals surface area (Å²) >= 11 is 0. The molecular formula is C19H26O. The molecule has 0 heterocycles. The van der Waals surface area contributed by atoms with E-state index in [4.69, 9.17) is 0 Å². The second-order valence-corrected chi connectivity index (χ2v) is 6.21. The van der Waals surface area contributed by atoms with E-state index in [0.29, 0.717) is 24.2 Å². The zero-order valence-electron chi connectivity index (χ0n) is 13.6. The number of rotatable bonds is 4. The molecule has 0 aliphatic carbocycles. The third-order valence-electron chi connectivity index (χ3n) is 3.53. The highest BCUT2D eigenvalue weighted by Gasteiger charge is 2.15. The Bertz CT molecular complexity index is 495. The molecular weight excluding hydrogens is 244 g/mol. The van der Waals surface area contributed by atoms with Gasteiger partial charge in [0.05, 0.1) is 6.42 Å². The van der Waals surface area contributed by atoms with E-state index < -0.39 is 0 Å². The van der Waals surface area contributed by atoms with Crippen LogP contribution < -0.4 is 0 Å². The summed E-state index contributed by atoms with van der Waals surface area (Å²) < 4.78 is 0. The Morgan fingerprint density at radius 1 is 0.950 bits per heavy atom. The summed E-state index contributed by atoms with van der Waals surface area (Å²) in [6.45, 7) is 13.3. The van der Waals surface area contributed by atoms with Crippen LogP contribution in [-0.4, -0.2) is 6.29 Å². The third-order valence-corrected chi connectivity index (χ3v) is 3.53. The van der Waals surface area contributed by atoms with E-state index >= 15 is 0 Å². The van der Waals surface area contributed by atoms with E-state index in [2.05, 4.69) is 65.5 Å². The van der Waals surface area contributed by atoms with Crippen LogP contribution in [0.5, 0.6) is 0 Å². The quantitative estimate of drug-likeness (QED) is 0.556. The van der Waals surface area contributed by atoms with Gasteiger partial charge in [-0.15, -0.1) is 0 Å². The summed E-state index contributed by atoms with van der Waals surface area (Å²) in [5.41, 5.74) is 5.11. The highest BCUT2D eigenvalue weighted by atomic mass is 16.1. The van der Waals surface area contributed by atoms with E-state index in [0.717, 1.165) is 11.8 Å². The molecule has 0 aliphatic rings. The lowest BCUT2D eigenvalue weighted by molar-refractivity contribution is -0.107. The Labute approximate surface area is 123 Å². The standard InChI is InChI=1S/C19H26O/c1-13(2)16-11-18(14(3)4)17(9-7-8-10-20)19(12-16)15(5)6/h10-15H,8H2,1-6H3. The second kappa shape index (κ2) is 7.29. The molecule has 1 aromatic carbocycles. The van der Waals surface area contributed by atoms with Crippen LogP contribution in [0.25, 0.3) is 0 Å². The van der Waals surface area contributed by atoms with E-state index in [1.165, 1.54) is 16.7 Å². The van der Waals surface area contributed by atoms with Crippen LogP contribution in [0.1, 0.15) is 88.0 Å². The number of hydrogen-bond acceptors (Lipinski definition) is 1. The van der Waals surface area contributed by atoms with Gasteiger partial charge in [0.25, 0.3) is 0 Å². The van der Waals surface area contributed by atoms with Crippen LogP contribution in [0, 0.1) is 11.8 Å². The smallest absolute Gasteiger partial charge is 0.131 e. The minimum Gasteiger partial charge on any atom is -0.302 e. The van der Waals surface area contributed by atoms with Gasteiger partial charge < -0.3 is 4.79 Å². The van der Waals surface area contributed by atoms with Crippen molar-refractivity contribution in [3.63, 3.8) is 0 Å². The summed E-state index contributed by atoms with van der Waals surface area (Å²) in [6.07, 6.45) is 1.17. The van der Waals surface area contributed by atoms with Gasteiger partial charge >= 0.3 is 0 Å². The molecule has 0 spiro atoms. The lowest BCUT2D eigenvalue weighted by Crippen LogP contribution is -2.04. The Kier molecular flexibility index (Phi) is 6.02. The fourth-order valence-electron chi connectivity index (χ4n) is 2.28. The van der Waals surface area contributed by atoms with Crippen LogP contribution in [-0.2, 0) is 4.79 Å². The van der Waals surface area contributed by atoms with Crippen LogP contribution in [0.2, 0.25) is 0 Å². The van der Waals surface area contributed by atoms with Crippen molar-refractivity contribution in [2.75, 3.05) is 0 Å². The van der Waals surface area contributed by atoms with Gasteiger partial charge in [-0.25, -0.2) is 0 Å². The molecule has 1 nitrogen and oxygen atoms in total. The van der Waals surface area contributed by atoms with Gasteiger partial charge in [-0.2, -0.15) is 0 Å². The van der Waals surface area contributed by atoms with Crippen molar-refractivity contribution in [2.24, 2.45) is 0 Å². The molecule has 0 unspecified atom stereocenters. The number of aldehydes is 1. The van der Waals surface area contributed by atoms with E-state index in [-0.39, 0.29) is 0 Å². The molecule has 0 saturated heterocycles. The fraction of sp³-hybridized carbons (Fsp3) is 0.526. The number of carbonyl (C=O) groups is 1. The van der Waals surface area contributed by atoms with Gasteiger partial charge in [-0.05, 0) is 34.4 Å². The molecule has 1 rings (SSSR count). The van der Waals surface area contributed by atoms with Crippen molar-refractivity contribution in [3.05, 3.63) is 34.4 Å². The molecule has 1 aromatic rings. The van der Waals surface area contributed by atoms with Crippen molar-refractivity contribution in [2.45, 2.75) is 65.7 Å². The summed E-state index contributed by atoms with van der Waals surface area (Å²) in [5, 5.41) is 0. The van der Waals surface area contributed by atoms with E-state index in [1.807, 2.05) is 0 Å². The molecule has 0 radical (unpaired) electrons. The third kappa shape index (κ3) is 3.97. The number of carbonyl (C=O) groups excluding carboxylic acids is 1. The fourth-order valence-corrected chi connectivity index (χ4v) is 2.28. The first-order chi connectivity index (χ1) is 9.38. The van der Waals surface area contributed by atoms with Crippen LogP contribution in [0.15, 0.2) is 12.1 Å². The summed E-state index contributed by atoms with van der Waals surface area (Å²) in [4.78, 5) is 10.5. The lowest BCUT2D eigenvalue weighted by Gasteiger charge is -2.20. The van der Waals surface area contributed by atoms with Crippen molar-refractivity contribution >= 4 is 6.29 Å². The van der Waals surface area contributed by atoms with Crippen LogP contribution in [0.4, 0.5) is 0 Å². The Balaban J connectivity index is 3.52. The van der Waals surface area contributed by atoms with Gasteiger partial charge in [0.2, 0.25) is 0 Å². The molecule has 0 aliphatic heterocycles. The normalized spacial score (nSPS) is 10.8. The SMILES string of the molecule is CC(C)c1cc(C(C)C)c(C#CCC=O)c(C(C)C)c1. The van der Waals surface area contributed by atoms with Gasteiger partial charge in [0.15, 0.2) is 0 Å². The molecule has 0 saturated carbocycles. The van der Waals surface area contributed by atoms with Gasteiger partial charge in [0.1, 0.15) is 6.29 Å². The van der Waals surface area contributed by atoms with Crippen molar-refractivity contribution in [1.82, 2.24) is 0 Å². The van der Waals surface area contributed by atoms with E-state index in [9.17, 15) is 4.79 Å². The Morgan fingerprint density at radius 2 is 1.45 bits per heavy atom. The largest absolute Gasteiger partial charge is 0.302 e. The molecule has 0 fully saturated rings. The molecule has 0 amide bonds. The molecule has 0 aromatic heterocycles. The van der Waals surface area contributed by atoms with Crippen molar-refractivity contribution < 1.29 is 4.79 Å². The predicted octanol–water partition coefficient (Wildman–Crippen LogP) is 5.00. The first-order valence-electron chi connectivity index (χ1n) is 7.48. The van der Waals surface area contributed by atoms with Crippen LogP contribution in [0.3, 0.4) is 0 Å². The highest BCUT2D eigenvalue weighted by Crippen LogP contribution is 2.31. The predicted molar refractivity (Wildman–Crippen MR) is 86.3 cm³/mol. The van der Waals surface area contributed by atoms with E-state index in [1.54, 1.807) is 0 Å². The maximum absolute atomic E-state index is 10.5. The van der Waals surface area contributed by atoms with Crippen molar-refractivity contribution in [3.8, 4) is 11.8 Å². The summed E-state index contributed by atoms with van der Waals surface area (Å²) in [7, 11) is 0. The first-order valence-corrected chi connectivity index (χ1v) is 7.48. The summed E-state index contributed by atoms with van der Waals surface area (Å²) in [5.74, 6) is 7.59. The number of hydrogen-bond donors (Lipinski definition) is 0. The minimum atomic E-state index is 0.307. The number of benzene rings is 1. The topological polar surface area (TPSA) is 17.1 Å². The zero-order valence-corrected chi connectivity index (χ0v) is 13.6. The second-order valence-electron chi connectivity index (χ2n) is 6.21. The molecule has 20 heavy (non-hydrogen) atoms. The van der Waals surface area contributed by atoms with Gasteiger partial charge in [-0.3, -0.25) is 0 Å². The Morgan fingerprint density at radius 3 is 1.80 bits per heavy atom. The molecule has 0 bridgehead atoms. The average molecular weight is 270 g/mol. The van der Waals surface area contributed by atoms with Gasteiger partial charge in [-0.1, -0.05) is 65.5 Å². The van der Waals surface area contributed by atoms with Gasteiger partial charge in [0, 0.05) is 5.56 Å². The minimum absolute atomic E-state index is 0.307. The van der Waals surface area contributed by atoms with Crippen LogP contribution >= 0.6 is 0 Å². The summed E-state index contributed by atoms with van der Waals surface area (Å²) in [6, 6.07) is 4.57. The maximum atomic E-state index is 10.5.